The van der Waals surface area contributed by atoms with Crippen molar-refractivity contribution in [3.63, 3.8) is 0 Å². The lowest BCUT2D eigenvalue weighted by atomic mass is 9.61. The second kappa shape index (κ2) is 9.57. The average Bonchev–Trinajstić information content (AvgIpc) is 3.04. The summed E-state index contributed by atoms with van der Waals surface area (Å²) in [5.41, 5.74) is 3.77. The Morgan fingerprint density at radius 2 is 1.80 bits per heavy atom. The van der Waals surface area contributed by atoms with Gasteiger partial charge in [0.1, 0.15) is 0 Å². The summed E-state index contributed by atoms with van der Waals surface area (Å²) in [6, 6.07) is 0. The van der Waals surface area contributed by atoms with Crippen molar-refractivity contribution in [2.45, 2.75) is 91.8 Å². The number of rotatable bonds is 5. The van der Waals surface area contributed by atoms with Gasteiger partial charge in [-0.15, -0.1) is 0 Å². The minimum Gasteiger partial charge on any atom is -0.393 e. The van der Waals surface area contributed by atoms with E-state index in [0.717, 1.165) is 17.1 Å². The largest absolute Gasteiger partial charge is 0.393 e. The lowest BCUT2D eigenvalue weighted by Crippen LogP contribution is -2.35. The van der Waals surface area contributed by atoms with E-state index in [1.807, 2.05) is 0 Å². The molecule has 0 radical (unpaired) electrons. The van der Waals surface area contributed by atoms with Crippen LogP contribution in [0.5, 0.6) is 0 Å². The van der Waals surface area contributed by atoms with E-state index >= 15 is 0 Å². The third-order valence-corrected chi connectivity index (χ3v) is 8.71. The van der Waals surface area contributed by atoms with Crippen LogP contribution in [0.25, 0.3) is 0 Å². The van der Waals surface area contributed by atoms with E-state index in [4.69, 9.17) is 0 Å². The Balaban J connectivity index is 1.76. The van der Waals surface area contributed by atoms with Crippen molar-refractivity contribution in [2.75, 3.05) is 0 Å². The van der Waals surface area contributed by atoms with Crippen LogP contribution >= 0.6 is 0 Å². The highest BCUT2D eigenvalue weighted by Gasteiger charge is 2.50. The van der Waals surface area contributed by atoms with E-state index in [1.54, 1.807) is 5.57 Å². The van der Waals surface area contributed by atoms with Crippen LogP contribution in [0, 0.1) is 35.0 Å². The first-order chi connectivity index (χ1) is 14.1. The highest BCUT2D eigenvalue weighted by molar-refractivity contribution is 5.38. The van der Waals surface area contributed by atoms with Crippen molar-refractivity contribution in [3.05, 3.63) is 47.6 Å². The number of hydrogen-bond acceptors (Lipinski definition) is 2. The Morgan fingerprint density at radius 1 is 1.07 bits per heavy atom. The van der Waals surface area contributed by atoms with Gasteiger partial charge < -0.3 is 10.2 Å². The van der Waals surface area contributed by atoms with Crippen LogP contribution in [0.15, 0.2) is 47.6 Å². The number of fused-ring (bicyclic) bond motifs is 1. The molecule has 0 aromatic heterocycles. The van der Waals surface area contributed by atoms with Gasteiger partial charge in [0.2, 0.25) is 0 Å². The molecule has 0 aromatic carbocycles. The number of aliphatic hydroxyl groups is 2. The van der Waals surface area contributed by atoms with E-state index in [0.29, 0.717) is 41.9 Å². The summed E-state index contributed by atoms with van der Waals surface area (Å²) in [6.45, 7) is 16.0. The molecule has 2 heteroatoms. The van der Waals surface area contributed by atoms with Crippen molar-refractivity contribution < 1.29 is 10.2 Å². The van der Waals surface area contributed by atoms with Crippen molar-refractivity contribution in [2.24, 2.45) is 35.0 Å². The van der Waals surface area contributed by atoms with Crippen molar-refractivity contribution in [1.82, 2.24) is 0 Å². The molecule has 0 bridgehead atoms. The molecule has 0 unspecified atom stereocenters. The zero-order chi connectivity index (χ0) is 22.1. The number of aliphatic hydroxyl groups excluding tert-OH is 2. The molecule has 168 valence electrons. The fraction of sp³-hybridized carbons (Fsp3) is 0.714. The zero-order valence-electron chi connectivity index (χ0n) is 19.9. The molecule has 3 saturated carbocycles. The summed E-state index contributed by atoms with van der Waals surface area (Å²) in [7, 11) is 0. The summed E-state index contributed by atoms with van der Waals surface area (Å²) in [6.07, 6.45) is 15.8. The molecule has 2 nitrogen and oxygen atoms in total. The highest BCUT2D eigenvalue weighted by atomic mass is 16.3. The summed E-state index contributed by atoms with van der Waals surface area (Å²) >= 11 is 0. The van der Waals surface area contributed by atoms with Gasteiger partial charge in [0.25, 0.3) is 0 Å². The zero-order valence-corrected chi connectivity index (χ0v) is 19.9. The Hall–Kier alpha value is -1.12. The first-order valence-electron chi connectivity index (χ1n) is 12.3. The molecule has 0 heterocycles. The summed E-state index contributed by atoms with van der Waals surface area (Å²) in [5.74, 6) is 3.38. The second-order valence-corrected chi connectivity index (χ2v) is 11.0. The molecule has 3 rings (SSSR count). The van der Waals surface area contributed by atoms with Gasteiger partial charge in [0.05, 0.1) is 12.2 Å². The summed E-state index contributed by atoms with van der Waals surface area (Å²) < 4.78 is 0. The normalized spacial score (nSPS) is 39.8. The van der Waals surface area contributed by atoms with Gasteiger partial charge >= 0.3 is 0 Å². The van der Waals surface area contributed by atoms with Crippen molar-refractivity contribution in [1.29, 1.82) is 0 Å². The van der Waals surface area contributed by atoms with Crippen LogP contribution in [0.3, 0.4) is 0 Å². The molecular formula is C28H44O2. The lowest BCUT2D eigenvalue weighted by Gasteiger charge is -2.44. The van der Waals surface area contributed by atoms with Crippen LogP contribution in [0.4, 0.5) is 0 Å². The molecule has 30 heavy (non-hydrogen) atoms. The quantitative estimate of drug-likeness (QED) is 0.499. The Bertz CT molecular complexity index is 712. The standard InChI is InChI=1S/C28H44O2/c1-18(2)19(3)9-10-20(4)25-13-14-26-22(8-7-15-28(25,26)6)11-12-23-16-24(29)17-27(30)21(23)5/h9-12,18-20,24-27,29-30H,5,7-8,13-17H2,1-4,6H3/b10-9+,22-11+,23-12+/t19-,20+,24+,25+,26-,27-,28+/m0/s1. The molecule has 0 saturated heterocycles. The first-order valence-corrected chi connectivity index (χ1v) is 12.3. The van der Waals surface area contributed by atoms with Gasteiger partial charge in [-0.1, -0.05) is 71.1 Å². The van der Waals surface area contributed by atoms with Gasteiger partial charge in [-0.25, -0.2) is 0 Å². The third kappa shape index (κ3) is 4.86. The van der Waals surface area contributed by atoms with Gasteiger partial charge in [-0.2, -0.15) is 0 Å². The molecular weight excluding hydrogens is 368 g/mol. The topological polar surface area (TPSA) is 40.5 Å². The molecule has 2 N–H and O–H groups in total. The number of hydrogen-bond donors (Lipinski definition) is 2. The van der Waals surface area contributed by atoms with Crippen LogP contribution in [-0.2, 0) is 0 Å². The number of allylic oxidation sites excluding steroid dienone is 5. The second-order valence-electron chi connectivity index (χ2n) is 11.0. The Morgan fingerprint density at radius 3 is 2.50 bits per heavy atom. The predicted octanol–water partition coefficient (Wildman–Crippen LogP) is 6.61. The minimum atomic E-state index is -0.605. The molecule has 0 aromatic rings. The summed E-state index contributed by atoms with van der Waals surface area (Å²) in [5, 5.41) is 20.2. The van der Waals surface area contributed by atoms with Crippen LogP contribution < -0.4 is 0 Å². The van der Waals surface area contributed by atoms with E-state index in [9.17, 15) is 10.2 Å². The van der Waals surface area contributed by atoms with E-state index < -0.39 is 12.2 Å². The van der Waals surface area contributed by atoms with Gasteiger partial charge in [-0.05, 0) is 84.7 Å². The van der Waals surface area contributed by atoms with Crippen molar-refractivity contribution in [3.8, 4) is 0 Å². The van der Waals surface area contributed by atoms with E-state index in [-0.39, 0.29) is 0 Å². The van der Waals surface area contributed by atoms with Crippen LogP contribution in [0.2, 0.25) is 0 Å². The molecule has 0 amide bonds. The smallest absolute Gasteiger partial charge is 0.0811 e. The summed E-state index contributed by atoms with van der Waals surface area (Å²) in [4.78, 5) is 0. The van der Waals surface area contributed by atoms with Crippen LogP contribution in [-0.4, -0.2) is 22.4 Å². The monoisotopic (exact) mass is 412 g/mol. The maximum atomic E-state index is 10.1. The first kappa shape index (κ1) is 23.5. The van der Waals surface area contributed by atoms with E-state index in [2.05, 4.69) is 65.5 Å². The Labute approximate surface area is 184 Å². The predicted molar refractivity (Wildman–Crippen MR) is 127 cm³/mol. The maximum Gasteiger partial charge on any atom is 0.0811 e. The molecule has 0 aliphatic heterocycles. The molecule has 7 atom stereocenters. The minimum absolute atomic E-state index is 0.385. The molecule has 3 aliphatic carbocycles. The average molecular weight is 413 g/mol. The van der Waals surface area contributed by atoms with Crippen molar-refractivity contribution >= 4 is 0 Å². The third-order valence-electron chi connectivity index (χ3n) is 8.71. The molecule has 3 aliphatic rings. The fourth-order valence-corrected chi connectivity index (χ4v) is 6.32. The van der Waals surface area contributed by atoms with Gasteiger partial charge in [0, 0.05) is 6.42 Å². The molecule has 0 spiro atoms. The van der Waals surface area contributed by atoms with Crippen LogP contribution in [0.1, 0.15) is 79.6 Å². The van der Waals surface area contributed by atoms with E-state index in [1.165, 1.54) is 32.1 Å². The molecule has 3 fully saturated rings. The van der Waals surface area contributed by atoms with Gasteiger partial charge in [-0.3, -0.25) is 0 Å². The SMILES string of the molecule is C=C1/C(=C/C=C2\CCC[C@]3(C)[C@@H]([C@H](C)/C=C/[C@H](C)C(C)C)CC[C@@H]23)C[C@@H](O)C[C@@H]1O. The lowest BCUT2D eigenvalue weighted by molar-refractivity contribution is 0.0862. The maximum absolute atomic E-state index is 10.1. The highest BCUT2D eigenvalue weighted by Crippen LogP contribution is 2.59. The fourth-order valence-electron chi connectivity index (χ4n) is 6.32. The van der Waals surface area contributed by atoms with Gasteiger partial charge in [0.15, 0.2) is 0 Å². The Kier molecular flexibility index (Phi) is 7.51.